The number of β-amino-alcohol motifs (C(OH)–C–C–N with tert-alkyl or cyclic N) is 1. The van der Waals surface area contributed by atoms with E-state index in [0.29, 0.717) is 39.3 Å². The molecule has 2 aromatic carbocycles. The Hall–Kier alpha value is -2.90. The summed E-state index contributed by atoms with van der Waals surface area (Å²) >= 11 is 0. The van der Waals surface area contributed by atoms with Crippen molar-refractivity contribution in [1.29, 1.82) is 0 Å². The number of aryl methyl sites for hydroxylation is 2. The molecular formula is C25H31N3O4. The SMILES string of the molecule is Cc1ccc2c(c1)c1cc(C)ccc1n2C[C@H](O)CN1CCN(C(=O)CCC(=O)O)CC1. The molecule has 1 atom stereocenters. The number of aliphatic carboxylic acids is 1. The summed E-state index contributed by atoms with van der Waals surface area (Å²) in [4.78, 5) is 26.7. The lowest BCUT2D eigenvalue weighted by molar-refractivity contribution is -0.141. The zero-order chi connectivity index (χ0) is 22.8. The summed E-state index contributed by atoms with van der Waals surface area (Å²) in [7, 11) is 0. The lowest BCUT2D eigenvalue weighted by Crippen LogP contribution is -2.50. The van der Waals surface area contributed by atoms with Crippen LogP contribution in [0.3, 0.4) is 0 Å². The second-order valence-corrected chi connectivity index (χ2v) is 8.88. The van der Waals surface area contributed by atoms with E-state index in [0.717, 1.165) is 11.0 Å². The summed E-state index contributed by atoms with van der Waals surface area (Å²) in [5.41, 5.74) is 4.69. The first kappa shape index (κ1) is 22.3. The van der Waals surface area contributed by atoms with Gasteiger partial charge in [-0.3, -0.25) is 14.5 Å². The summed E-state index contributed by atoms with van der Waals surface area (Å²) in [6, 6.07) is 12.9. The number of amides is 1. The molecule has 0 aliphatic carbocycles. The number of nitrogens with zero attached hydrogens (tertiary/aromatic N) is 3. The number of fused-ring (bicyclic) bond motifs is 3. The van der Waals surface area contributed by atoms with Gasteiger partial charge in [-0.2, -0.15) is 0 Å². The molecule has 170 valence electrons. The van der Waals surface area contributed by atoms with Crippen LogP contribution in [0.4, 0.5) is 0 Å². The van der Waals surface area contributed by atoms with Crippen molar-refractivity contribution in [2.45, 2.75) is 39.3 Å². The summed E-state index contributed by atoms with van der Waals surface area (Å²) in [6.07, 6.45) is -0.619. The maximum atomic E-state index is 12.1. The van der Waals surface area contributed by atoms with Crippen molar-refractivity contribution in [3.05, 3.63) is 47.5 Å². The summed E-state index contributed by atoms with van der Waals surface area (Å²) in [5.74, 6) is -1.06. The molecule has 1 saturated heterocycles. The number of piperazine rings is 1. The predicted molar refractivity (Wildman–Crippen MR) is 125 cm³/mol. The van der Waals surface area contributed by atoms with Crippen LogP contribution < -0.4 is 0 Å². The average molecular weight is 438 g/mol. The quantitative estimate of drug-likeness (QED) is 0.594. The first-order valence-corrected chi connectivity index (χ1v) is 11.2. The fraction of sp³-hybridized carbons (Fsp3) is 0.440. The highest BCUT2D eigenvalue weighted by atomic mass is 16.4. The molecule has 2 heterocycles. The normalized spacial score (nSPS) is 16.0. The van der Waals surface area contributed by atoms with Crippen molar-refractivity contribution in [2.75, 3.05) is 32.7 Å². The van der Waals surface area contributed by atoms with E-state index >= 15 is 0 Å². The summed E-state index contributed by atoms with van der Waals surface area (Å²) in [5, 5.41) is 22.1. The van der Waals surface area contributed by atoms with E-state index in [4.69, 9.17) is 5.11 Å². The van der Waals surface area contributed by atoms with E-state index in [-0.39, 0.29) is 18.7 Å². The summed E-state index contributed by atoms with van der Waals surface area (Å²) in [6.45, 7) is 7.74. The van der Waals surface area contributed by atoms with Crippen molar-refractivity contribution in [3.63, 3.8) is 0 Å². The number of rotatable bonds is 7. The fourth-order valence-corrected chi connectivity index (χ4v) is 4.65. The molecule has 1 aliphatic rings. The highest BCUT2D eigenvalue weighted by molar-refractivity contribution is 6.08. The molecule has 1 aromatic heterocycles. The number of carboxylic acid groups (broad SMARTS) is 1. The molecule has 1 fully saturated rings. The van der Waals surface area contributed by atoms with Crippen LogP contribution in [0.2, 0.25) is 0 Å². The minimum absolute atomic E-state index is 0.0463. The second-order valence-electron chi connectivity index (χ2n) is 8.88. The van der Waals surface area contributed by atoms with Crippen LogP contribution in [-0.2, 0) is 16.1 Å². The third-order valence-electron chi connectivity index (χ3n) is 6.32. The molecule has 0 spiro atoms. The Balaban J connectivity index is 1.42. The van der Waals surface area contributed by atoms with Crippen LogP contribution in [0.1, 0.15) is 24.0 Å². The minimum Gasteiger partial charge on any atom is -0.481 e. The van der Waals surface area contributed by atoms with Gasteiger partial charge in [-0.15, -0.1) is 0 Å². The van der Waals surface area contributed by atoms with E-state index in [1.54, 1.807) is 4.90 Å². The molecular weight excluding hydrogens is 406 g/mol. The number of aliphatic hydroxyl groups excluding tert-OH is 1. The number of hydrogen-bond donors (Lipinski definition) is 2. The standard InChI is InChI=1S/C25H31N3O4/c1-17-3-5-22-20(13-17)21-14-18(2)4-6-23(21)28(22)16-19(29)15-26-9-11-27(12-10-26)24(30)7-8-25(31)32/h3-6,13-14,19,29H,7-12,15-16H2,1-2H3,(H,31,32)/t19-/m1/s1. The Labute approximate surface area is 187 Å². The molecule has 7 heteroatoms. The molecule has 3 aromatic rings. The molecule has 0 unspecified atom stereocenters. The molecule has 1 amide bonds. The van der Waals surface area contributed by atoms with Crippen LogP contribution in [0.15, 0.2) is 36.4 Å². The van der Waals surface area contributed by atoms with Gasteiger partial charge in [-0.05, 0) is 38.1 Å². The van der Waals surface area contributed by atoms with Crippen LogP contribution in [0.5, 0.6) is 0 Å². The number of benzene rings is 2. The van der Waals surface area contributed by atoms with Gasteiger partial charge in [0.05, 0.1) is 19.1 Å². The largest absolute Gasteiger partial charge is 0.481 e. The Morgan fingerprint density at radius 1 is 0.875 bits per heavy atom. The third kappa shape index (κ3) is 4.79. The number of hydrogen-bond acceptors (Lipinski definition) is 4. The van der Waals surface area contributed by atoms with Gasteiger partial charge in [0.15, 0.2) is 0 Å². The topological polar surface area (TPSA) is 86.0 Å². The van der Waals surface area contributed by atoms with E-state index in [2.05, 4.69) is 59.7 Å². The number of carbonyl (C=O) groups is 2. The van der Waals surface area contributed by atoms with E-state index < -0.39 is 12.1 Å². The number of aliphatic hydroxyl groups is 1. The van der Waals surface area contributed by atoms with Crippen LogP contribution in [-0.4, -0.2) is 75.3 Å². The Kier molecular flexibility index (Phi) is 6.48. The van der Waals surface area contributed by atoms with Crippen molar-refractivity contribution < 1.29 is 19.8 Å². The van der Waals surface area contributed by atoms with E-state index in [9.17, 15) is 14.7 Å². The molecule has 7 nitrogen and oxygen atoms in total. The van der Waals surface area contributed by atoms with Gasteiger partial charge in [-0.1, -0.05) is 23.3 Å². The molecule has 0 radical (unpaired) electrons. The third-order valence-corrected chi connectivity index (χ3v) is 6.32. The number of aromatic nitrogens is 1. The van der Waals surface area contributed by atoms with Crippen LogP contribution in [0.25, 0.3) is 21.8 Å². The Morgan fingerprint density at radius 3 is 1.97 bits per heavy atom. The van der Waals surface area contributed by atoms with Crippen molar-refractivity contribution in [2.24, 2.45) is 0 Å². The van der Waals surface area contributed by atoms with Gasteiger partial charge in [-0.25, -0.2) is 0 Å². The Bertz CT molecular complexity index is 1090. The van der Waals surface area contributed by atoms with Crippen molar-refractivity contribution in [1.82, 2.24) is 14.4 Å². The average Bonchev–Trinajstić information content (AvgIpc) is 3.04. The first-order valence-electron chi connectivity index (χ1n) is 11.2. The van der Waals surface area contributed by atoms with E-state index in [1.165, 1.54) is 21.9 Å². The molecule has 1 aliphatic heterocycles. The first-order chi connectivity index (χ1) is 15.3. The highest BCUT2D eigenvalue weighted by Crippen LogP contribution is 2.31. The van der Waals surface area contributed by atoms with Gasteiger partial charge in [0.2, 0.25) is 5.91 Å². The van der Waals surface area contributed by atoms with Gasteiger partial charge >= 0.3 is 5.97 Å². The highest BCUT2D eigenvalue weighted by Gasteiger charge is 2.23. The maximum Gasteiger partial charge on any atom is 0.303 e. The fourth-order valence-electron chi connectivity index (χ4n) is 4.65. The maximum absolute atomic E-state index is 12.1. The zero-order valence-corrected chi connectivity index (χ0v) is 18.8. The Morgan fingerprint density at radius 2 is 1.44 bits per heavy atom. The predicted octanol–water partition coefficient (Wildman–Crippen LogP) is 2.78. The van der Waals surface area contributed by atoms with Crippen LogP contribution >= 0.6 is 0 Å². The second kappa shape index (κ2) is 9.30. The van der Waals surface area contributed by atoms with Crippen LogP contribution in [0, 0.1) is 13.8 Å². The lowest BCUT2D eigenvalue weighted by Gasteiger charge is -2.35. The van der Waals surface area contributed by atoms with Gasteiger partial charge in [0.25, 0.3) is 0 Å². The van der Waals surface area contributed by atoms with E-state index in [1.807, 2.05) is 0 Å². The molecule has 2 N–H and O–H groups in total. The molecule has 32 heavy (non-hydrogen) atoms. The lowest BCUT2D eigenvalue weighted by atomic mass is 10.1. The zero-order valence-electron chi connectivity index (χ0n) is 18.8. The van der Waals surface area contributed by atoms with Gasteiger partial charge in [0, 0.05) is 61.0 Å². The van der Waals surface area contributed by atoms with Gasteiger partial charge in [0.1, 0.15) is 0 Å². The molecule has 4 rings (SSSR count). The number of carbonyl (C=O) groups excluding carboxylic acids is 1. The summed E-state index contributed by atoms with van der Waals surface area (Å²) < 4.78 is 2.21. The minimum atomic E-state index is -0.949. The molecule has 0 bridgehead atoms. The van der Waals surface area contributed by atoms with Crippen molar-refractivity contribution >= 4 is 33.7 Å². The van der Waals surface area contributed by atoms with Gasteiger partial charge < -0.3 is 19.7 Å². The smallest absolute Gasteiger partial charge is 0.303 e. The molecule has 0 saturated carbocycles. The monoisotopic (exact) mass is 437 g/mol. The van der Waals surface area contributed by atoms with Crippen molar-refractivity contribution in [3.8, 4) is 0 Å². The number of carboxylic acids is 1.